The van der Waals surface area contributed by atoms with Gasteiger partial charge in [-0.15, -0.1) is 3.89 Å². The highest BCUT2D eigenvalue weighted by Crippen LogP contribution is 2.21. The summed E-state index contributed by atoms with van der Waals surface area (Å²) in [6.07, 6.45) is 2.54. The molecule has 2 aromatic rings. The lowest BCUT2D eigenvalue weighted by molar-refractivity contribution is 0.582. The third-order valence-corrected chi connectivity index (χ3v) is 2.12. The average molecular weight is 201 g/mol. The smallest absolute Gasteiger partial charge is 0.233 e. The molecule has 68 valence electrons. The minimum atomic E-state index is -0.707. The predicted molar refractivity (Wildman–Crippen MR) is 46.3 cm³/mol. The molecule has 0 aromatic carbocycles. The van der Waals surface area contributed by atoms with Crippen LogP contribution in [0.5, 0.6) is 0 Å². The Kier molecular flexibility index (Phi) is 1.91. The summed E-state index contributed by atoms with van der Waals surface area (Å²) in [6, 6.07) is 0. The van der Waals surface area contributed by atoms with Crippen molar-refractivity contribution in [3.05, 3.63) is 23.9 Å². The van der Waals surface area contributed by atoms with Gasteiger partial charge in [0, 0.05) is 6.20 Å². The van der Waals surface area contributed by atoms with Crippen molar-refractivity contribution >= 4 is 23.5 Å². The Balaban J connectivity index is 2.81. The largest absolute Gasteiger partial charge is 0.248 e. The van der Waals surface area contributed by atoms with Crippen LogP contribution < -0.4 is 0 Å². The fourth-order valence-electron chi connectivity index (χ4n) is 1.14. The molecule has 0 saturated heterocycles. The van der Waals surface area contributed by atoms with Crippen LogP contribution in [0.2, 0.25) is 0 Å². The van der Waals surface area contributed by atoms with Crippen molar-refractivity contribution in [2.75, 3.05) is 0 Å². The van der Waals surface area contributed by atoms with Gasteiger partial charge in [-0.2, -0.15) is 9.37 Å². The number of hydrogen-bond donors (Lipinski definition) is 0. The fraction of sp³-hybridized carbons (Fsp3) is 0.143. The van der Waals surface area contributed by atoms with E-state index in [9.17, 15) is 8.28 Å². The van der Waals surface area contributed by atoms with E-state index in [2.05, 4.69) is 9.97 Å². The van der Waals surface area contributed by atoms with Gasteiger partial charge in [0.05, 0.1) is 6.20 Å². The average Bonchev–Trinajstić information content (AvgIpc) is 2.42. The van der Waals surface area contributed by atoms with Crippen LogP contribution in [-0.2, 0) is 0 Å². The van der Waals surface area contributed by atoms with Crippen LogP contribution in [0.3, 0.4) is 0 Å². The number of aromatic nitrogens is 3. The highest BCUT2D eigenvalue weighted by molar-refractivity contribution is 7.92. The minimum absolute atomic E-state index is 0.0247. The Morgan fingerprint density at radius 3 is 3.00 bits per heavy atom. The summed E-state index contributed by atoms with van der Waals surface area (Å²) in [4.78, 5) is 7.35. The van der Waals surface area contributed by atoms with Crippen LogP contribution in [0, 0.1) is 12.9 Å². The molecule has 0 bridgehead atoms. The van der Waals surface area contributed by atoms with E-state index in [0.29, 0.717) is 5.52 Å². The molecule has 2 rings (SSSR count). The van der Waals surface area contributed by atoms with Gasteiger partial charge >= 0.3 is 0 Å². The van der Waals surface area contributed by atoms with Gasteiger partial charge in [0.1, 0.15) is 5.52 Å². The Bertz CT molecular complexity index is 454. The van der Waals surface area contributed by atoms with Crippen molar-refractivity contribution in [1.82, 2.24) is 13.9 Å². The number of hydrogen-bond acceptors (Lipinski definition) is 3. The molecule has 0 aliphatic carbocycles. The normalized spacial score (nSPS) is 11.0. The first-order valence-electron chi connectivity index (χ1n) is 3.51. The molecule has 6 heteroatoms. The first-order valence-corrected chi connectivity index (χ1v) is 4.19. The molecule has 0 fully saturated rings. The van der Waals surface area contributed by atoms with E-state index in [1.165, 1.54) is 6.20 Å². The zero-order valence-corrected chi connectivity index (χ0v) is 7.48. The van der Waals surface area contributed by atoms with Crippen LogP contribution >= 0.6 is 12.3 Å². The molecule has 2 heterocycles. The van der Waals surface area contributed by atoms with Gasteiger partial charge in [-0.1, -0.05) is 0 Å². The summed E-state index contributed by atoms with van der Waals surface area (Å²) >= 11 is -0.0247. The van der Waals surface area contributed by atoms with E-state index in [1.54, 1.807) is 6.92 Å². The molecule has 13 heavy (non-hydrogen) atoms. The van der Waals surface area contributed by atoms with E-state index >= 15 is 0 Å². The summed E-state index contributed by atoms with van der Waals surface area (Å²) in [5.41, 5.74) is 1.50. The van der Waals surface area contributed by atoms with Crippen LogP contribution in [0.4, 0.5) is 8.28 Å². The summed E-state index contributed by atoms with van der Waals surface area (Å²) < 4.78 is 26.1. The van der Waals surface area contributed by atoms with E-state index in [1.807, 2.05) is 0 Å². The van der Waals surface area contributed by atoms with E-state index < -0.39 is 5.95 Å². The van der Waals surface area contributed by atoms with Gasteiger partial charge in [0.15, 0.2) is 18.0 Å². The molecule has 0 aliphatic heterocycles. The van der Waals surface area contributed by atoms with Crippen molar-refractivity contribution in [3.63, 3.8) is 0 Å². The molecule has 3 nitrogen and oxygen atoms in total. The highest BCUT2D eigenvalue weighted by atomic mass is 32.2. The number of fused-ring (bicyclic) bond motifs is 1. The minimum Gasteiger partial charge on any atom is -0.248 e. The molecule has 0 unspecified atom stereocenters. The summed E-state index contributed by atoms with van der Waals surface area (Å²) in [7, 11) is 0. The monoisotopic (exact) mass is 201 g/mol. The highest BCUT2D eigenvalue weighted by Gasteiger charge is 2.09. The molecule has 0 saturated carbocycles. The van der Waals surface area contributed by atoms with E-state index in [4.69, 9.17) is 0 Å². The van der Waals surface area contributed by atoms with Gasteiger partial charge < -0.3 is 0 Å². The number of halogens is 2. The SMILES string of the molecule is Cc1cn(SF)c2nc(F)cnc12. The van der Waals surface area contributed by atoms with Crippen molar-refractivity contribution in [2.45, 2.75) is 6.92 Å². The topological polar surface area (TPSA) is 30.7 Å². The Morgan fingerprint density at radius 1 is 1.54 bits per heavy atom. The lowest BCUT2D eigenvalue weighted by Crippen LogP contribution is -1.89. The maximum absolute atomic E-state index is 12.6. The molecule has 0 amide bonds. The Morgan fingerprint density at radius 2 is 2.31 bits per heavy atom. The molecule has 0 atom stereocenters. The Hall–Kier alpha value is -1.17. The second kappa shape index (κ2) is 2.95. The Labute approximate surface area is 77.2 Å². The molecule has 0 spiro atoms. The van der Waals surface area contributed by atoms with Crippen molar-refractivity contribution < 1.29 is 8.28 Å². The van der Waals surface area contributed by atoms with Crippen molar-refractivity contribution in [3.8, 4) is 0 Å². The third kappa shape index (κ3) is 1.27. The fourth-order valence-corrected chi connectivity index (χ4v) is 1.53. The van der Waals surface area contributed by atoms with Crippen LogP contribution in [0.25, 0.3) is 11.2 Å². The second-order valence-corrected chi connectivity index (χ2v) is 3.10. The second-order valence-electron chi connectivity index (χ2n) is 2.57. The van der Waals surface area contributed by atoms with Crippen molar-refractivity contribution in [2.24, 2.45) is 0 Å². The van der Waals surface area contributed by atoms with Gasteiger partial charge in [-0.3, -0.25) is 0 Å². The quantitative estimate of drug-likeness (QED) is 0.709. The van der Waals surface area contributed by atoms with Crippen LogP contribution in [0.15, 0.2) is 12.4 Å². The predicted octanol–water partition coefficient (Wildman–Crippen LogP) is 2.26. The zero-order valence-electron chi connectivity index (χ0n) is 6.66. The first kappa shape index (κ1) is 8.43. The number of aryl methyl sites for hydroxylation is 1. The molecular weight excluding hydrogens is 196 g/mol. The van der Waals surface area contributed by atoms with Crippen LogP contribution in [0.1, 0.15) is 5.56 Å². The molecule has 0 aliphatic rings. The van der Waals surface area contributed by atoms with E-state index in [0.717, 1.165) is 15.7 Å². The van der Waals surface area contributed by atoms with Crippen molar-refractivity contribution in [1.29, 1.82) is 0 Å². The lowest BCUT2D eigenvalue weighted by atomic mass is 10.3. The van der Waals surface area contributed by atoms with Gasteiger partial charge in [-0.25, -0.2) is 8.96 Å². The van der Waals surface area contributed by atoms with Gasteiger partial charge in [0.2, 0.25) is 5.95 Å². The van der Waals surface area contributed by atoms with Gasteiger partial charge in [-0.05, 0) is 12.5 Å². The number of rotatable bonds is 1. The standard InChI is InChI=1S/C7H5F2N3S/c1-4-3-12(13-9)7-6(4)10-2-5(8)11-7/h2-3H,1H3. The molecule has 0 N–H and O–H groups in total. The van der Waals surface area contributed by atoms with Crippen LogP contribution in [-0.4, -0.2) is 13.9 Å². The van der Waals surface area contributed by atoms with Gasteiger partial charge in [0.25, 0.3) is 0 Å². The lowest BCUT2D eigenvalue weighted by Gasteiger charge is -1.93. The molecular formula is C7H5F2N3S. The summed E-state index contributed by atoms with van der Waals surface area (Å²) in [5, 5.41) is 0. The van der Waals surface area contributed by atoms with E-state index in [-0.39, 0.29) is 18.0 Å². The maximum atomic E-state index is 12.6. The zero-order chi connectivity index (χ0) is 9.42. The maximum Gasteiger partial charge on any atom is 0.233 e. The molecule has 2 aromatic heterocycles. The number of nitrogens with zero attached hydrogens (tertiary/aromatic N) is 3. The summed E-state index contributed by atoms with van der Waals surface area (Å²) in [5.74, 6) is -0.707. The third-order valence-electron chi connectivity index (χ3n) is 1.69. The summed E-state index contributed by atoms with van der Waals surface area (Å²) in [6.45, 7) is 1.77. The first-order chi connectivity index (χ1) is 6.22. The molecule has 0 radical (unpaired) electrons.